The minimum absolute atomic E-state index is 0.158. The number of hydrogen-bond donors (Lipinski definition) is 2. The van der Waals surface area contributed by atoms with Gasteiger partial charge < -0.3 is 15.3 Å². The summed E-state index contributed by atoms with van der Waals surface area (Å²) < 4.78 is 0. The molecule has 5 heteroatoms. The van der Waals surface area contributed by atoms with E-state index < -0.39 is 0 Å². The van der Waals surface area contributed by atoms with E-state index in [0.717, 1.165) is 24.5 Å². The number of amides is 1. The number of hydrogen-bond acceptors (Lipinski definition) is 4. The van der Waals surface area contributed by atoms with Crippen molar-refractivity contribution in [2.45, 2.75) is 6.42 Å². The van der Waals surface area contributed by atoms with Crippen LogP contribution in [0.4, 0.5) is 17.2 Å². The van der Waals surface area contributed by atoms with E-state index >= 15 is 0 Å². The van der Waals surface area contributed by atoms with Crippen LogP contribution in [0.2, 0.25) is 0 Å². The number of para-hydroxylation sites is 1. The molecule has 0 unspecified atom stereocenters. The summed E-state index contributed by atoms with van der Waals surface area (Å²) in [6.45, 7) is 0.857. The van der Waals surface area contributed by atoms with Crippen molar-refractivity contribution in [1.29, 1.82) is 0 Å². The topological polar surface area (TPSA) is 65.5 Å². The molecule has 0 aliphatic carbocycles. The summed E-state index contributed by atoms with van der Waals surface area (Å²) in [5.74, 6) is 0.647. The highest BCUT2D eigenvalue weighted by Crippen LogP contribution is 2.33. The number of carbonyl (C=O) groups excluding carboxylic acids is 1. The molecule has 1 aliphatic heterocycles. The number of phenols is 1. The molecule has 2 heterocycles. The zero-order valence-corrected chi connectivity index (χ0v) is 13.5. The van der Waals surface area contributed by atoms with E-state index in [1.807, 2.05) is 24.3 Å². The number of anilines is 3. The van der Waals surface area contributed by atoms with Crippen LogP contribution in [0.3, 0.4) is 0 Å². The number of nitrogens with one attached hydrogen (secondary N) is 1. The Morgan fingerprint density at radius 2 is 1.80 bits per heavy atom. The predicted molar refractivity (Wildman–Crippen MR) is 97.4 cm³/mol. The van der Waals surface area contributed by atoms with Crippen molar-refractivity contribution in [3.63, 3.8) is 0 Å². The summed E-state index contributed by atoms with van der Waals surface area (Å²) in [5.41, 5.74) is 3.41. The van der Waals surface area contributed by atoms with Gasteiger partial charge in [-0.2, -0.15) is 0 Å². The number of pyridine rings is 1. The summed E-state index contributed by atoms with van der Waals surface area (Å²) in [4.78, 5) is 19.1. The second-order valence-corrected chi connectivity index (χ2v) is 5.91. The highest BCUT2D eigenvalue weighted by molar-refractivity contribution is 6.03. The highest BCUT2D eigenvalue weighted by atomic mass is 16.3. The minimum atomic E-state index is -0.278. The van der Waals surface area contributed by atoms with Gasteiger partial charge in [0.2, 0.25) is 0 Å². The molecule has 124 valence electrons. The second kappa shape index (κ2) is 6.28. The van der Waals surface area contributed by atoms with Gasteiger partial charge in [0.1, 0.15) is 17.3 Å². The Kier molecular flexibility index (Phi) is 3.82. The van der Waals surface area contributed by atoms with Crippen LogP contribution in [-0.2, 0) is 6.42 Å². The van der Waals surface area contributed by atoms with Gasteiger partial charge in [0.05, 0.1) is 0 Å². The van der Waals surface area contributed by atoms with E-state index in [-0.39, 0.29) is 11.7 Å². The maximum absolute atomic E-state index is 12.5. The van der Waals surface area contributed by atoms with Crippen LogP contribution in [0.25, 0.3) is 0 Å². The molecule has 5 nitrogen and oxygen atoms in total. The molecule has 0 spiro atoms. The highest BCUT2D eigenvalue weighted by Gasteiger charge is 2.21. The number of fused-ring (bicyclic) bond motifs is 1. The molecule has 25 heavy (non-hydrogen) atoms. The van der Waals surface area contributed by atoms with E-state index in [9.17, 15) is 9.90 Å². The van der Waals surface area contributed by atoms with Crippen molar-refractivity contribution in [3.8, 4) is 5.75 Å². The monoisotopic (exact) mass is 331 g/mol. The van der Waals surface area contributed by atoms with E-state index in [0.29, 0.717) is 11.4 Å². The molecular formula is C20H17N3O2. The third-order valence-corrected chi connectivity index (χ3v) is 4.26. The largest absolute Gasteiger partial charge is 0.508 e. The Morgan fingerprint density at radius 3 is 2.64 bits per heavy atom. The number of benzene rings is 2. The van der Waals surface area contributed by atoms with Crippen LogP contribution in [0.5, 0.6) is 5.75 Å². The lowest BCUT2D eigenvalue weighted by molar-refractivity contribution is 0.102. The molecular weight excluding hydrogens is 314 g/mol. The van der Waals surface area contributed by atoms with Crippen molar-refractivity contribution < 1.29 is 9.90 Å². The van der Waals surface area contributed by atoms with Gasteiger partial charge in [-0.15, -0.1) is 0 Å². The fraction of sp³-hybridized carbons (Fsp3) is 0.100. The van der Waals surface area contributed by atoms with E-state index in [1.165, 1.54) is 17.7 Å². The second-order valence-electron chi connectivity index (χ2n) is 5.91. The van der Waals surface area contributed by atoms with Crippen molar-refractivity contribution >= 4 is 23.1 Å². The maximum Gasteiger partial charge on any atom is 0.274 e. The Balaban J connectivity index is 1.57. The summed E-state index contributed by atoms with van der Waals surface area (Å²) in [5, 5.41) is 12.1. The number of rotatable bonds is 3. The zero-order chi connectivity index (χ0) is 17.2. The van der Waals surface area contributed by atoms with Crippen LogP contribution in [0.15, 0.2) is 66.7 Å². The molecule has 1 amide bonds. The zero-order valence-electron chi connectivity index (χ0n) is 13.5. The van der Waals surface area contributed by atoms with Crippen LogP contribution < -0.4 is 10.2 Å². The Morgan fingerprint density at radius 1 is 1.00 bits per heavy atom. The number of aromatic nitrogens is 1. The lowest BCUT2D eigenvalue weighted by Crippen LogP contribution is -2.18. The summed E-state index contributed by atoms with van der Waals surface area (Å²) >= 11 is 0. The molecule has 2 aromatic carbocycles. The number of nitrogens with zero attached hydrogens (tertiary/aromatic N) is 2. The van der Waals surface area contributed by atoms with Crippen LogP contribution >= 0.6 is 0 Å². The van der Waals surface area contributed by atoms with Gasteiger partial charge in [0.25, 0.3) is 5.91 Å². The molecule has 0 saturated carbocycles. The average Bonchev–Trinajstić information content (AvgIpc) is 3.08. The van der Waals surface area contributed by atoms with Crippen LogP contribution in [-0.4, -0.2) is 22.5 Å². The Hall–Kier alpha value is -3.34. The molecule has 0 fully saturated rings. The van der Waals surface area contributed by atoms with E-state index in [2.05, 4.69) is 27.3 Å². The predicted octanol–water partition coefficient (Wildman–Crippen LogP) is 3.73. The van der Waals surface area contributed by atoms with Crippen molar-refractivity contribution in [1.82, 2.24) is 4.98 Å². The molecule has 0 saturated heterocycles. The Labute approximate surface area is 145 Å². The summed E-state index contributed by atoms with van der Waals surface area (Å²) in [6, 6.07) is 20.1. The molecule has 2 N–H and O–H groups in total. The third-order valence-electron chi connectivity index (χ3n) is 4.26. The SMILES string of the molecule is O=C(Nc1ccc(O)cc1)c1cccc(N2CCc3ccccc32)n1. The lowest BCUT2D eigenvalue weighted by atomic mass is 10.2. The van der Waals surface area contributed by atoms with E-state index in [4.69, 9.17) is 0 Å². The van der Waals surface area contributed by atoms with Crippen LogP contribution in [0, 0.1) is 0 Å². The van der Waals surface area contributed by atoms with Crippen molar-refractivity contribution in [2.24, 2.45) is 0 Å². The normalized spacial score (nSPS) is 12.7. The van der Waals surface area contributed by atoms with Gasteiger partial charge in [-0.25, -0.2) is 4.98 Å². The molecule has 1 aromatic heterocycles. The quantitative estimate of drug-likeness (QED) is 0.718. The van der Waals surface area contributed by atoms with Gasteiger partial charge >= 0.3 is 0 Å². The molecule has 0 atom stereocenters. The number of carbonyl (C=O) groups is 1. The Bertz CT molecular complexity index is 922. The first-order chi connectivity index (χ1) is 12.2. The van der Waals surface area contributed by atoms with Gasteiger partial charge in [0, 0.05) is 17.9 Å². The van der Waals surface area contributed by atoms with Gasteiger partial charge in [-0.3, -0.25) is 4.79 Å². The fourth-order valence-electron chi connectivity index (χ4n) is 3.02. The molecule has 4 rings (SSSR count). The van der Waals surface area contributed by atoms with Crippen molar-refractivity contribution in [3.05, 3.63) is 78.0 Å². The molecule has 0 radical (unpaired) electrons. The fourth-order valence-corrected chi connectivity index (χ4v) is 3.02. The molecule has 0 bridgehead atoms. The van der Waals surface area contributed by atoms with Gasteiger partial charge in [-0.1, -0.05) is 24.3 Å². The minimum Gasteiger partial charge on any atom is -0.508 e. The van der Waals surface area contributed by atoms with Gasteiger partial charge in [0.15, 0.2) is 0 Å². The smallest absolute Gasteiger partial charge is 0.274 e. The van der Waals surface area contributed by atoms with E-state index in [1.54, 1.807) is 18.2 Å². The van der Waals surface area contributed by atoms with Crippen LogP contribution in [0.1, 0.15) is 16.1 Å². The number of phenolic OH excluding ortho intramolecular Hbond substituents is 1. The summed E-state index contributed by atoms with van der Waals surface area (Å²) in [6.07, 6.45) is 0.974. The lowest BCUT2D eigenvalue weighted by Gasteiger charge is -2.18. The third kappa shape index (κ3) is 3.04. The first-order valence-corrected chi connectivity index (χ1v) is 8.13. The first-order valence-electron chi connectivity index (χ1n) is 8.13. The maximum atomic E-state index is 12.5. The first kappa shape index (κ1) is 15.2. The standard InChI is InChI=1S/C20H17N3O2/c24-16-10-8-15(9-11-16)21-20(25)17-5-3-7-19(22-17)23-13-12-14-4-1-2-6-18(14)23/h1-11,24H,12-13H2,(H,21,25). The van der Waals surface area contributed by atoms with Gasteiger partial charge in [-0.05, 0) is 54.4 Å². The molecule has 3 aromatic rings. The summed E-state index contributed by atoms with van der Waals surface area (Å²) in [7, 11) is 0. The molecule has 1 aliphatic rings. The average molecular weight is 331 g/mol. The van der Waals surface area contributed by atoms with Crippen molar-refractivity contribution in [2.75, 3.05) is 16.8 Å². The number of aromatic hydroxyl groups is 1.